The fourth-order valence-corrected chi connectivity index (χ4v) is 3.42. The van der Waals surface area contributed by atoms with E-state index in [4.69, 9.17) is 5.73 Å². The summed E-state index contributed by atoms with van der Waals surface area (Å²) in [5, 5.41) is 12.2. The minimum atomic E-state index is -4.48. The van der Waals surface area contributed by atoms with Crippen LogP contribution in [0.25, 0.3) is 0 Å². The zero-order valence-corrected chi connectivity index (χ0v) is 13.2. The highest BCUT2D eigenvalue weighted by Gasteiger charge is 2.34. The second-order valence-electron chi connectivity index (χ2n) is 4.54. The number of rotatable bonds is 4. The lowest BCUT2D eigenvalue weighted by molar-refractivity contribution is -0.138. The van der Waals surface area contributed by atoms with E-state index in [0.29, 0.717) is 0 Å². The highest BCUT2D eigenvalue weighted by Crippen LogP contribution is 2.39. The van der Waals surface area contributed by atoms with Crippen LogP contribution in [0.1, 0.15) is 28.0 Å². The Bertz CT molecular complexity index is 601. The number of alkyl halides is 3. The maximum atomic E-state index is 12.9. The Morgan fingerprint density at radius 1 is 1.29 bits per heavy atom. The van der Waals surface area contributed by atoms with Crippen molar-refractivity contribution in [3.63, 3.8) is 0 Å². The summed E-state index contributed by atoms with van der Waals surface area (Å²) in [4.78, 5) is 0.849. The van der Waals surface area contributed by atoms with Crippen molar-refractivity contribution in [3.8, 4) is 0 Å². The predicted molar refractivity (Wildman–Crippen MR) is 80.2 cm³/mol. The summed E-state index contributed by atoms with van der Waals surface area (Å²) in [6, 6.07) is 7.36. The number of nitrogens with two attached hydrogens (primary N) is 1. The first kappa shape index (κ1) is 16.5. The lowest BCUT2D eigenvalue weighted by Crippen LogP contribution is -2.20. The van der Waals surface area contributed by atoms with E-state index in [9.17, 15) is 18.3 Å². The molecule has 0 amide bonds. The summed E-state index contributed by atoms with van der Waals surface area (Å²) >= 11 is 4.30. The third-order valence-corrected chi connectivity index (χ3v) is 4.88. The number of benzene rings is 1. The molecule has 3 N–H and O–H groups in total. The van der Waals surface area contributed by atoms with E-state index in [1.807, 2.05) is 17.5 Å². The van der Waals surface area contributed by atoms with Crippen molar-refractivity contribution >= 4 is 27.3 Å². The lowest BCUT2D eigenvalue weighted by atomic mass is 9.93. The average Bonchev–Trinajstić information content (AvgIpc) is 2.92. The summed E-state index contributed by atoms with van der Waals surface area (Å²) in [7, 11) is 0. The number of halogens is 4. The van der Waals surface area contributed by atoms with Gasteiger partial charge in [0.25, 0.3) is 0 Å². The second-order valence-corrected chi connectivity index (χ2v) is 6.37. The van der Waals surface area contributed by atoms with Crippen LogP contribution in [0.15, 0.2) is 40.2 Å². The van der Waals surface area contributed by atoms with E-state index >= 15 is 0 Å². The SMILES string of the molecule is NCC(c1cccs1)C(O)c1ccc(Br)c(C(F)(F)F)c1. The summed E-state index contributed by atoms with van der Waals surface area (Å²) in [5.74, 6) is -0.424. The first-order valence-electron chi connectivity index (χ1n) is 6.12. The van der Waals surface area contributed by atoms with E-state index in [1.54, 1.807) is 0 Å². The van der Waals surface area contributed by atoms with Crippen molar-refractivity contribution in [2.45, 2.75) is 18.2 Å². The number of thiophene rings is 1. The Morgan fingerprint density at radius 2 is 2.00 bits per heavy atom. The fourth-order valence-electron chi connectivity index (χ4n) is 2.08. The minimum Gasteiger partial charge on any atom is -0.388 e. The van der Waals surface area contributed by atoms with Gasteiger partial charge < -0.3 is 10.8 Å². The van der Waals surface area contributed by atoms with Crippen molar-refractivity contribution in [2.75, 3.05) is 6.54 Å². The quantitative estimate of drug-likeness (QED) is 0.831. The van der Waals surface area contributed by atoms with Crippen molar-refractivity contribution < 1.29 is 18.3 Å². The Labute approximate surface area is 132 Å². The molecule has 0 saturated carbocycles. The first-order valence-corrected chi connectivity index (χ1v) is 7.80. The third kappa shape index (κ3) is 3.66. The Morgan fingerprint density at radius 3 is 2.52 bits per heavy atom. The molecule has 7 heteroatoms. The van der Waals surface area contributed by atoms with Crippen molar-refractivity contribution in [3.05, 3.63) is 56.2 Å². The first-order chi connectivity index (χ1) is 9.84. The molecule has 0 aliphatic heterocycles. The molecule has 0 saturated heterocycles. The Kier molecular flexibility index (Phi) is 5.08. The van der Waals surface area contributed by atoms with Crippen LogP contribution in [0.2, 0.25) is 0 Å². The van der Waals surface area contributed by atoms with Crippen LogP contribution >= 0.6 is 27.3 Å². The Balaban J connectivity index is 2.37. The number of hydrogen-bond donors (Lipinski definition) is 2. The van der Waals surface area contributed by atoms with Gasteiger partial charge in [0, 0.05) is 21.8 Å². The van der Waals surface area contributed by atoms with E-state index in [0.717, 1.165) is 10.9 Å². The highest BCUT2D eigenvalue weighted by atomic mass is 79.9. The summed E-state index contributed by atoms with van der Waals surface area (Å²) in [6.07, 6.45) is -5.56. The van der Waals surface area contributed by atoms with Gasteiger partial charge >= 0.3 is 6.18 Å². The van der Waals surface area contributed by atoms with Crippen LogP contribution in [0.3, 0.4) is 0 Å². The topological polar surface area (TPSA) is 46.2 Å². The van der Waals surface area contributed by atoms with Gasteiger partial charge in [-0.25, -0.2) is 0 Å². The lowest BCUT2D eigenvalue weighted by Gasteiger charge is -2.22. The predicted octanol–water partition coefficient (Wildman–Crippen LogP) is 4.31. The number of hydrogen-bond acceptors (Lipinski definition) is 3. The molecule has 2 unspecified atom stereocenters. The van der Waals surface area contributed by atoms with Gasteiger partial charge in [0.05, 0.1) is 11.7 Å². The molecule has 0 fully saturated rings. The van der Waals surface area contributed by atoms with Gasteiger partial charge in [0.1, 0.15) is 0 Å². The van der Waals surface area contributed by atoms with Crippen LogP contribution in [0, 0.1) is 0 Å². The third-order valence-electron chi connectivity index (χ3n) is 3.18. The van der Waals surface area contributed by atoms with Crippen LogP contribution in [0.5, 0.6) is 0 Å². The smallest absolute Gasteiger partial charge is 0.388 e. The monoisotopic (exact) mass is 379 g/mol. The standard InChI is InChI=1S/C14H13BrF3NOS/c15-11-4-3-8(6-10(11)14(16,17)18)13(20)9(7-19)12-2-1-5-21-12/h1-6,9,13,20H,7,19H2. The molecule has 1 aromatic heterocycles. The Hall–Kier alpha value is -0.890. The second kappa shape index (κ2) is 6.48. The van der Waals surface area contributed by atoms with Gasteiger partial charge in [0.15, 0.2) is 0 Å². The summed E-state index contributed by atoms with van der Waals surface area (Å²) in [6.45, 7) is 0.152. The molecule has 2 aromatic rings. The van der Waals surface area contributed by atoms with Gasteiger partial charge in [-0.15, -0.1) is 11.3 Å². The summed E-state index contributed by atoms with van der Waals surface area (Å²) < 4.78 is 38.7. The molecule has 0 spiro atoms. The maximum Gasteiger partial charge on any atom is 0.417 e. The highest BCUT2D eigenvalue weighted by molar-refractivity contribution is 9.10. The molecule has 21 heavy (non-hydrogen) atoms. The summed E-state index contributed by atoms with van der Waals surface area (Å²) in [5.41, 5.74) is 5.07. The van der Waals surface area contributed by atoms with Crippen LogP contribution in [-0.4, -0.2) is 11.7 Å². The molecule has 0 bridgehead atoms. The molecule has 2 nitrogen and oxygen atoms in total. The zero-order chi connectivity index (χ0) is 15.6. The normalized spacial score (nSPS) is 15.0. The molecule has 1 heterocycles. The minimum absolute atomic E-state index is 0.0497. The molecular weight excluding hydrogens is 367 g/mol. The molecule has 114 valence electrons. The molecular formula is C14H13BrF3NOS. The van der Waals surface area contributed by atoms with Crippen molar-refractivity contribution in [1.82, 2.24) is 0 Å². The fraction of sp³-hybridized carbons (Fsp3) is 0.286. The van der Waals surface area contributed by atoms with E-state index in [1.165, 1.54) is 23.5 Å². The van der Waals surface area contributed by atoms with Crippen LogP contribution in [-0.2, 0) is 6.18 Å². The van der Waals surface area contributed by atoms with E-state index < -0.39 is 23.8 Å². The van der Waals surface area contributed by atoms with Crippen molar-refractivity contribution in [2.24, 2.45) is 5.73 Å². The zero-order valence-electron chi connectivity index (χ0n) is 10.8. The van der Waals surface area contributed by atoms with Gasteiger partial charge in [-0.1, -0.05) is 28.1 Å². The molecule has 2 rings (SSSR count). The molecule has 0 aliphatic carbocycles. The van der Waals surface area contributed by atoms with Crippen molar-refractivity contribution in [1.29, 1.82) is 0 Å². The largest absolute Gasteiger partial charge is 0.417 e. The maximum absolute atomic E-state index is 12.9. The molecule has 0 aliphatic rings. The molecule has 0 radical (unpaired) electrons. The number of aliphatic hydroxyl groups is 1. The average molecular weight is 380 g/mol. The van der Waals surface area contributed by atoms with E-state index in [2.05, 4.69) is 15.9 Å². The van der Waals surface area contributed by atoms with E-state index in [-0.39, 0.29) is 16.6 Å². The van der Waals surface area contributed by atoms with Crippen LogP contribution < -0.4 is 5.73 Å². The molecule has 2 atom stereocenters. The number of aliphatic hydroxyl groups excluding tert-OH is 1. The van der Waals surface area contributed by atoms with Gasteiger partial charge in [-0.05, 0) is 29.1 Å². The van der Waals surface area contributed by atoms with Crippen LogP contribution in [0.4, 0.5) is 13.2 Å². The molecule has 1 aromatic carbocycles. The van der Waals surface area contributed by atoms with Gasteiger partial charge in [-0.2, -0.15) is 13.2 Å². The van der Waals surface area contributed by atoms with Gasteiger partial charge in [-0.3, -0.25) is 0 Å². The van der Waals surface area contributed by atoms with Gasteiger partial charge in [0.2, 0.25) is 0 Å².